The average Bonchev–Trinajstić information content (AvgIpc) is 3.07. The summed E-state index contributed by atoms with van der Waals surface area (Å²) >= 11 is 2.94. The lowest BCUT2D eigenvalue weighted by Gasteiger charge is -2.03. The minimum absolute atomic E-state index is 0.207. The Kier molecular flexibility index (Phi) is 5.05. The highest BCUT2D eigenvalue weighted by Crippen LogP contribution is 2.31. The van der Waals surface area contributed by atoms with Gasteiger partial charge in [-0.25, -0.2) is 13.8 Å². The maximum atomic E-state index is 13.2. The highest BCUT2D eigenvalue weighted by Gasteiger charge is 2.13. The number of aromatic amines is 1. The molecule has 2 heterocycles. The van der Waals surface area contributed by atoms with Crippen LogP contribution in [0.2, 0.25) is 0 Å². The van der Waals surface area contributed by atoms with Crippen LogP contribution in [0.3, 0.4) is 0 Å². The van der Waals surface area contributed by atoms with Crippen molar-refractivity contribution in [3.63, 3.8) is 0 Å². The van der Waals surface area contributed by atoms with Gasteiger partial charge in [0.25, 0.3) is 5.56 Å². The Bertz CT molecular complexity index is 1150. The summed E-state index contributed by atoms with van der Waals surface area (Å²) in [6.07, 6.45) is 0. The van der Waals surface area contributed by atoms with Gasteiger partial charge in [-0.2, -0.15) is 0 Å². The molecule has 0 amide bonds. The number of thiophene rings is 1. The number of fused-ring (bicyclic) bond motifs is 1. The minimum atomic E-state index is -0.317. The van der Waals surface area contributed by atoms with E-state index in [4.69, 9.17) is 0 Å². The Morgan fingerprint density at radius 2 is 1.85 bits per heavy atom. The van der Waals surface area contributed by atoms with Crippen molar-refractivity contribution in [3.05, 3.63) is 87.3 Å². The quantitative estimate of drug-likeness (QED) is 0.490. The van der Waals surface area contributed by atoms with Crippen LogP contribution in [0.4, 0.5) is 8.78 Å². The van der Waals surface area contributed by atoms with Gasteiger partial charge < -0.3 is 4.98 Å². The molecule has 0 atom stereocenters. The predicted molar refractivity (Wildman–Crippen MR) is 107 cm³/mol. The second-order valence-corrected chi connectivity index (χ2v) is 7.82. The van der Waals surface area contributed by atoms with E-state index < -0.39 is 0 Å². The van der Waals surface area contributed by atoms with E-state index in [9.17, 15) is 13.6 Å². The number of thioether (sulfide) groups is 1. The number of hydrogen-bond donors (Lipinski definition) is 1. The van der Waals surface area contributed by atoms with Crippen molar-refractivity contribution in [3.8, 4) is 11.1 Å². The fraction of sp³-hybridized carbons (Fsp3) is 0.100. The van der Waals surface area contributed by atoms with E-state index >= 15 is 0 Å². The number of halogens is 2. The number of benzene rings is 2. The van der Waals surface area contributed by atoms with Crippen LogP contribution < -0.4 is 5.56 Å². The first kappa shape index (κ1) is 17.9. The second kappa shape index (κ2) is 7.62. The molecule has 0 unspecified atom stereocenters. The van der Waals surface area contributed by atoms with Gasteiger partial charge in [0.1, 0.15) is 22.3 Å². The SMILES string of the molecule is O=c1[nH]c(CSCc2cccc(F)c2)nc2scc(-c3ccc(F)cc3)c12. The highest BCUT2D eigenvalue weighted by molar-refractivity contribution is 7.97. The van der Waals surface area contributed by atoms with Gasteiger partial charge in [-0.15, -0.1) is 23.1 Å². The first-order valence-corrected chi connectivity index (χ1v) is 10.2. The fourth-order valence-electron chi connectivity index (χ4n) is 2.80. The van der Waals surface area contributed by atoms with Crippen LogP contribution in [0.5, 0.6) is 0 Å². The summed E-state index contributed by atoms with van der Waals surface area (Å²) in [5, 5.41) is 2.38. The van der Waals surface area contributed by atoms with E-state index in [1.54, 1.807) is 30.0 Å². The molecule has 0 aliphatic rings. The molecule has 0 aliphatic heterocycles. The third-order valence-corrected chi connectivity index (χ3v) is 5.93. The third kappa shape index (κ3) is 3.94. The molecule has 7 heteroatoms. The Morgan fingerprint density at radius 1 is 1.04 bits per heavy atom. The predicted octanol–water partition coefficient (Wildman–Crippen LogP) is 5.36. The average molecular weight is 400 g/mol. The fourth-order valence-corrected chi connectivity index (χ4v) is 4.61. The summed E-state index contributed by atoms with van der Waals surface area (Å²) in [7, 11) is 0. The molecular formula is C20H14F2N2OS2. The summed E-state index contributed by atoms with van der Waals surface area (Å²) in [4.78, 5) is 20.6. The van der Waals surface area contributed by atoms with Crippen LogP contribution in [0, 0.1) is 11.6 Å². The van der Waals surface area contributed by atoms with Crippen LogP contribution in [-0.4, -0.2) is 9.97 Å². The molecule has 1 N–H and O–H groups in total. The molecule has 0 radical (unpaired) electrons. The molecule has 0 bridgehead atoms. The first-order chi connectivity index (χ1) is 13.1. The third-order valence-electron chi connectivity index (χ3n) is 4.04. The monoisotopic (exact) mass is 400 g/mol. The molecule has 136 valence electrons. The van der Waals surface area contributed by atoms with E-state index in [0.29, 0.717) is 27.5 Å². The van der Waals surface area contributed by atoms with Crippen LogP contribution >= 0.6 is 23.1 Å². The molecule has 0 aliphatic carbocycles. The number of hydrogen-bond acceptors (Lipinski definition) is 4. The highest BCUT2D eigenvalue weighted by atomic mass is 32.2. The first-order valence-electron chi connectivity index (χ1n) is 8.18. The van der Waals surface area contributed by atoms with Gasteiger partial charge in [0.15, 0.2) is 0 Å². The zero-order valence-electron chi connectivity index (χ0n) is 14.0. The van der Waals surface area contributed by atoms with Crippen molar-refractivity contribution in [1.29, 1.82) is 0 Å². The lowest BCUT2D eigenvalue weighted by molar-refractivity contribution is 0.626. The van der Waals surface area contributed by atoms with Gasteiger partial charge in [-0.05, 0) is 35.4 Å². The Balaban J connectivity index is 1.56. The van der Waals surface area contributed by atoms with Crippen molar-refractivity contribution in [2.75, 3.05) is 0 Å². The zero-order valence-corrected chi connectivity index (χ0v) is 15.7. The molecule has 3 nitrogen and oxygen atoms in total. The normalized spacial score (nSPS) is 11.2. The smallest absolute Gasteiger partial charge is 0.260 e. The van der Waals surface area contributed by atoms with Gasteiger partial charge >= 0.3 is 0 Å². The van der Waals surface area contributed by atoms with Crippen LogP contribution in [0.15, 0.2) is 58.7 Å². The van der Waals surface area contributed by atoms with Gasteiger partial charge in [0.05, 0.1) is 11.1 Å². The van der Waals surface area contributed by atoms with E-state index in [2.05, 4.69) is 9.97 Å². The van der Waals surface area contributed by atoms with Crippen molar-refractivity contribution in [2.24, 2.45) is 0 Å². The maximum Gasteiger partial charge on any atom is 0.260 e. The molecule has 0 fully saturated rings. The summed E-state index contributed by atoms with van der Waals surface area (Å²) < 4.78 is 26.4. The Hall–Kier alpha value is -2.51. The second-order valence-electron chi connectivity index (χ2n) is 5.97. The van der Waals surface area contributed by atoms with E-state index in [1.165, 1.54) is 35.6 Å². The lowest BCUT2D eigenvalue weighted by Crippen LogP contribution is -2.10. The Labute approximate surface area is 162 Å². The molecule has 0 spiro atoms. The van der Waals surface area contributed by atoms with Crippen molar-refractivity contribution >= 4 is 33.3 Å². The number of rotatable bonds is 5. The molecular weight excluding hydrogens is 386 g/mol. The topological polar surface area (TPSA) is 45.8 Å². The van der Waals surface area contributed by atoms with Crippen LogP contribution in [-0.2, 0) is 11.5 Å². The van der Waals surface area contributed by atoms with Crippen molar-refractivity contribution in [2.45, 2.75) is 11.5 Å². The van der Waals surface area contributed by atoms with Crippen molar-refractivity contribution < 1.29 is 8.78 Å². The molecule has 0 saturated heterocycles. The summed E-state index contributed by atoms with van der Waals surface area (Å²) in [6, 6.07) is 12.5. The minimum Gasteiger partial charge on any atom is -0.309 e. The van der Waals surface area contributed by atoms with Crippen LogP contribution in [0.25, 0.3) is 21.3 Å². The number of aromatic nitrogens is 2. The molecule has 0 saturated carbocycles. The number of nitrogens with zero attached hydrogens (tertiary/aromatic N) is 1. The number of H-pyrrole nitrogens is 1. The van der Waals surface area contributed by atoms with E-state index in [0.717, 1.165) is 16.7 Å². The van der Waals surface area contributed by atoms with Gasteiger partial charge in [0, 0.05) is 16.7 Å². The van der Waals surface area contributed by atoms with Gasteiger partial charge in [-0.3, -0.25) is 4.79 Å². The van der Waals surface area contributed by atoms with Crippen molar-refractivity contribution in [1.82, 2.24) is 9.97 Å². The Morgan fingerprint density at radius 3 is 2.63 bits per heavy atom. The van der Waals surface area contributed by atoms with Crippen LogP contribution in [0.1, 0.15) is 11.4 Å². The molecule has 4 aromatic rings. The summed E-state index contributed by atoms with van der Waals surface area (Å²) in [5.41, 5.74) is 2.21. The summed E-state index contributed by atoms with van der Waals surface area (Å²) in [6.45, 7) is 0. The molecule has 2 aromatic carbocycles. The molecule has 2 aromatic heterocycles. The zero-order chi connectivity index (χ0) is 18.8. The largest absolute Gasteiger partial charge is 0.309 e. The molecule has 4 rings (SSSR count). The van der Waals surface area contributed by atoms with E-state index in [-0.39, 0.29) is 17.2 Å². The number of nitrogens with one attached hydrogen (secondary N) is 1. The molecule has 27 heavy (non-hydrogen) atoms. The summed E-state index contributed by atoms with van der Waals surface area (Å²) in [5.74, 6) is 1.16. The lowest BCUT2D eigenvalue weighted by atomic mass is 10.1. The maximum absolute atomic E-state index is 13.2. The van der Waals surface area contributed by atoms with Gasteiger partial charge in [-0.1, -0.05) is 24.3 Å². The van der Waals surface area contributed by atoms with Gasteiger partial charge in [0.2, 0.25) is 0 Å². The van der Waals surface area contributed by atoms with E-state index in [1.807, 2.05) is 11.4 Å². The standard InChI is InChI=1S/C20H14F2N2OS2/c21-14-6-4-13(5-7-14)16-10-27-20-18(16)19(25)23-17(24-20)11-26-9-12-2-1-3-15(22)8-12/h1-8,10H,9,11H2,(H,23,24,25).